The van der Waals surface area contributed by atoms with Crippen molar-refractivity contribution in [2.75, 3.05) is 20.7 Å². The molecule has 7 heteroatoms. The molecule has 0 aliphatic carbocycles. The maximum absolute atomic E-state index is 12.3. The number of rotatable bonds is 5. The van der Waals surface area contributed by atoms with Crippen LogP contribution in [0.25, 0.3) is 0 Å². The smallest absolute Gasteiger partial charge is 0.343 e. The van der Waals surface area contributed by atoms with Crippen molar-refractivity contribution < 1.29 is 14.3 Å². The number of halogens is 2. The van der Waals surface area contributed by atoms with Gasteiger partial charge in [0.1, 0.15) is 11.3 Å². The lowest BCUT2D eigenvalue weighted by molar-refractivity contribution is -0.138. The fourth-order valence-electron chi connectivity index (χ4n) is 1.38. The predicted molar refractivity (Wildman–Crippen MR) is 77.0 cm³/mol. The van der Waals surface area contributed by atoms with Crippen molar-refractivity contribution in [1.29, 1.82) is 0 Å². The van der Waals surface area contributed by atoms with E-state index >= 15 is 0 Å². The summed E-state index contributed by atoms with van der Waals surface area (Å²) in [7, 11) is 3.37. The fourth-order valence-corrected chi connectivity index (χ4v) is 1.85. The van der Waals surface area contributed by atoms with E-state index in [1.807, 2.05) is 0 Å². The molecule has 5 nitrogen and oxygen atoms in total. The van der Waals surface area contributed by atoms with Gasteiger partial charge in [0.15, 0.2) is 0 Å². The molecule has 0 atom stereocenters. The average molecular weight is 317 g/mol. The van der Waals surface area contributed by atoms with E-state index in [-0.39, 0.29) is 22.9 Å². The van der Waals surface area contributed by atoms with Crippen molar-refractivity contribution in [3.8, 4) is 0 Å². The third-order valence-corrected chi connectivity index (χ3v) is 2.64. The molecular formula is C13H14Cl2N2O3. The van der Waals surface area contributed by atoms with Crippen LogP contribution < -0.4 is 0 Å². The van der Waals surface area contributed by atoms with Crippen LogP contribution in [-0.2, 0) is 9.53 Å². The lowest BCUT2D eigenvalue weighted by Crippen LogP contribution is -2.20. The Morgan fingerprint density at radius 3 is 2.55 bits per heavy atom. The van der Waals surface area contributed by atoms with Crippen LogP contribution in [0.4, 0.5) is 0 Å². The third kappa shape index (κ3) is 4.21. The molecular weight excluding hydrogens is 303 g/mol. The highest BCUT2D eigenvalue weighted by molar-refractivity contribution is 6.38. The van der Waals surface area contributed by atoms with Crippen LogP contribution in [0.15, 0.2) is 24.0 Å². The Morgan fingerprint density at radius 1 is 1.40 bits per heavy atom. The largest absolute Gasteiger partial charge is 0.462 e. The lowest BCUT2D eigenvalue weighted by atomic mass is 10.1. The minimum atomic E-state index is -0.723. The van der Waals surface area contributed by atoms with Gasteiger partial charge in [0.05, 0.1) is 16.7 Å². The molecule has 1 rings (SSSR count). The van der Waals surface area contributed by atoms with Gasteiger partial charge < -0.3 is 9.64 Å². The Hall–Kier alpha value is -1.59. The summed E-state index contributed by atoms with van der Waals surface area (Å²) in [6.45, 7) is 1.82. The van der Waals surface area contributed by atoms with Gasteiger partial charge in [0, 0.05) is 26.5 Å². The molecule has 20 heavy (non-hydrogen) atoms. The van der Waals surface area contributed by atoms with Gasteiger partial charge in [-0.25, -0.2) is 9.78 Å². The number of ether oxygens (including phenoxy) is 1. The number of hydrogen-bond acceptors (Lipinski definition) is 5. The lowest BCUT2D eigenvalue weighted by Gasteiger charge is -2.11. The molecule has 1 heterocycles. The number of pyridine rings is 1. The van der Waals surface area contributed by atoms with Crippen LogP contribution in [0.1, 0.15) is 17.4 Å². The summed E-state index contributed by atoms with van der Waals surface area (Å²) in [6.07, 6.45) is 2.66. The average Bonchev–Trinajstić information content (AvgIpc) is 2.35. The molecule has 0 fully saturated rings. The zero-order chi connectivity index (χ0) is 15.3. The van der Waals surface area contributed by atoms with Crippen LogP contribution in [0, 0.1) is 0 Å². The van der Waals surface area contributed by atoms with Crippen molar-refractivity contribution in [2.45, 2.75) is 6.92 Å². The molecule has 0 saturated heterocycles. The normalized spacial score (nSPS) is 11.2. The maximum Gasteiger partial charge on any atom is 0.343 e. The topological polar surface area (TPSA) is 59.5 Å². The zero-order valence-electron chi connectivity index (χ0n) is 11.3. The summed E-state index contributed by atoms with van der Waals surface area (Å²) >= 11 is 11.7. The molecule has 0 amide bonds. The molecule has 0 bridgehead atoms. The molecule has 0 N–H and O–H groups in total. The second-order valence-electron chi connectivity index (χ2n) is 4.04. The Bertz CT molecular complexity index is 557. The summed E-state index contributed by atoms with van der Waals surface area (Å²) < 4.78 is 4.86. The second-order valence-corrected chi connectivity index (χ2v) is 4.88. The van der Waals surface area contributed by atoms with Gasteiger partial charge in [-0.1, -0.05) is 23.2 Å². The first-order chi connectivity index (χ1) is 9.36. The summed E-state index contributed by atoms with van der Waals surface area (Å²) in [4.78, 5) is 29.6. The maximum atomic E-state index is 12.3. The number of esters is 1. The SMILES string of the molecule is CCOC(=O)/C(=C\N(C)C)C(=O)c1ncc(Cl)cc1Cl. The van der Waals surface area contributed by atoms with Crippen LogP contribution in [0.5, 0.6) is 0 Å². The number of nitrogens with zero attached hydrogens (tertiary/aromatic N) is 2. The number of carbonyl (C=O) groups is 2. The van der Waals surface area contributed by atoms with E-state index in [0.29, 0.717) is 5.02 Å². The second kappa shape index (κ2) is 7.26. The van der Waals surface area contributed by atoms with E-state index in [1.54, 1.807) is 25.9 Å². The quantitative estimate of drug-likeness (QED) is 0.275. The monoisotopic (exact) mass is 316 g/mol. The van der Waals surface area contributed by atoms with Crippen LogP contribution >= 0.6 is 23.2 Å². The molecule has 108 valence electrons. The Kier molecular flexibility index (Phi) is 5.98. The minimum Gasteiger partial charge on any atom is -0.462 e. The first-order valence-electron chi connectivity index (χ1n) is 5.78. The van der Waals surface area contributed by atoms with Gasteiger partial charge in [-0.3, -0.25) is 4.79 Å². The van der Waals surface area contributed by atoms with Gasteiger partial charge in [0.25, 0.3) is 0 Å². The summed E-state index contributed by atoms with van der Waals surface area (Å²) in [5, 5.41) is 0.386. The van der Waals surface area contributed by atoms with Crippen LogP contribution in [0.2, 0.25) is 10.0 Å². The standard InChI is InChI=1S/C13H14Cl2N2O3/c1-4-20-13(19)9(7-17(2)3)12(18)11-10(15)5-8(14)6-16-11/h5-7H,4H2,1-3H3/b9-7-. The van der Waals surface area contributed by atoms with Crippen molar-refractivity contribution in [3.63, 3.8) is 0 Å². The highest BCUT2D eigenvalue weighted by atomic mass is 35.5. The molecule has 0 aromatic carbocycles. The zero-order valence-corrected chi connectivity index (χ0v) is 12.8. The first kappa shape index (κ1) is 16.5. The highest BCUT2D eigenvalue weighted by Gasteiger charge is 2.24. The van der Waals surface area contributed by atoms with E-state index in [2.05, 4.69) is 4.98 Å². The minimum absolute atomic E-state index is 0.0442. The molecule has 0 spiro atoms. The highest BCUT2D eigenvalue weighted by Crippen LogP contribution is 2.21. The fraction of sp³-hybridized carbons (Fsp3) is 0.308. The third-order valence-electron chi connectivity index (χ3n) is 2.15. The number of ketones is 1. The summed E-state index contributed by atoms with van der Waals surface area (Å²) in [6, 6.07) is 1.39. The van der Waals surface area contributed by atoms with E-state index in [9.17, 15) is 9.59 Å². The van der Waals surface area contributed by atoms with Gasteiger partial charge >= 0.3 is 5.97 Å². The van der Waals surface area contributed by atoms with E-state index < -0.39 is 11.8 Å². The van der Waals surface area contributed by atoms with Crippen molar-refractivity contribution in [2.24, 2.45) is 0 Å². The van der Waals surface area contributed by atoms with Gasteiger partial charge in [0.2, 0.25) is 5.78 Å². The van der Waals surface area contributed by atoms with E-state index in [0.717, 1.165) is 0 Å². The molecule has 0 saturated carbocycles. The number of Topliss-reactive ketones (excluding diaryl/α,β-unsaturated/α-hetero) is 1. The van der Waals surface area contributed by atoms with Crippen LogP contribution in [0.3, 0.4) is 0 Å². The summed E-state index contributed by atoms with van der Waals surface area (Å²) in [5.74, 6) is -1.34. The molecule has 1 aromatic rings. The van der Waals surface area contributed by atoms with Gasteiger partial charge in [-0.05, 0) is 13.0 Å². The number of aromatic nitrogens is 1. The Balaban J connectivity index is 3.20. The Morgan fingerprint density at radius 2 is 2.05 bits per heavy atom. The molecule has 0 unspecified atom stereocenters. The van der Waals surface area contributed by atoms with Gasteiger partial charge in [-0.15, -0.1) is 0 Å². The summed E-state index contributed by atoms with van der Waals surface area (Å²) in [5.41, 5.74) is -0.189. The van der Waals surface area contributed by atoms with Crippen molar-refractivity contribution >= 4 is 35.0 Å². The van der Waals surface area contributed by atoms with Crippen molar-refractivity contribution in [3.05, 3.63) is 39.8 Å². The number of carbonyl (C=O) groups excluding carboxylic acids is 2. The Labute approximate surface area is 127 Å². The first-order valence-corrected chi connectivity index (χ1v) is 6.53. The van der Waals surface area contributed by atoms with E-state index in [4.69, 9.17) is 27.9 Å². The van der Waals surface area contributed by atoms with Gasteiger partial charge in [-0.2, -0.15) is 0 Å². The molecule has 1 aromatic heterocycles. The van der Waals surface area contributed by atoms with E-state index in [1.165, 1.54) is 18.5 Å². The van der Waals surface area contributed by atoms with Crippen LogP contribution in [-0.4, -0.2) is 42.3 Å². The molecule has 0 radical (unpaired) electrons. The molecule has 0 aliphatic rings. The van der Waals surface area contributed by atoms with Crippen molar-refractivity contribution in [1.82, 2.24) is 9.88 Å². The predicted octanol–water partition coefficient (Wildman–Crippen LogP) is 2.58. The molecule has 0 aliphatic heterocycles. The number of hydrogen-bond donors (Lipinski definition) is 0.